The van der Waals surface area contributed by atoms with Gasteiger partial charge in [-0.15, -0.1) is 0 Å². The average molecular weight is 316 g/mol. The fourth-order valence-corrected chi connectivity index (χ4v) is 3.99. The summed E-state index contributed by atoms with van der Waals surface area (Å²) in [4.78, 5) is -0.253. The van der Waals surface area contributed by atoms with E-state index in [-0.39, 0.29) is 16.9 Å². The Morgan fingerprint density at radius 3 is 2.29 bits per heavy atom. The van der Waals surface area contributed by atoms with E-state index in [1.807, 2.05) is 13.8 Å². The molecule has 0 saturated heterocycles. The van der Waals surface area contributed by atoms with Crippen molar-refractivity contribution in [3.05, 3.63) is 29.6 Å². The molecule has 0 amide bonds. The number of sulfonamides is 1. The number of hydrogen-bond acceptors (Lipinski definition) is 3. The quantitative estimate of drug-likeness (QED) is 0.841. The van der Waals surface area contributed by atoms with Gasteiger partial charge < -0.3 is 5.32 Å². The van der Waals surface area contributed by atoms with Crippen LogP contribution >= 0.6 is 0 Å². The zero-order valence-corrected chi connectivity index (χ0v) is 14.2. The van der Waals surface area contributed by atoms with Crippen molar-refractivity contribution in [1.29, 1.82) is 0 Å². The highest BCUT2D eigenvalue weighted by Crippen LogP contribution is 2.23. The van der Waals surface area contributed by atoms with Gasteiger partial charge in [-0.2, -0.15) is 4.31 Å². The van der Waals surface area contributed by atoms with E-state index in [0.29, 0.717) is 18.7 Å². The van der Waals surface area contributed by atoms with Crippen molar-refractivity contribution >= 4 is 10.0 Å². The third kappa shape index (κ3) is 4.49. The molecule has 0 spiro atoms. The van der Waals surface area contributed by atoms with Crippen LogP contribution in [-0.4, -0.2) is 32.4 Å². The molecule has 0 fully saturated rings. The lowest BCUT2D eigenvalue weighted by Gasteiger charge is -2.27. The van der Waals surface area contributed by atoms with Crippen molar-refractivity contribution in [3.63, 3.8) is 0 Å². The zero-order valence-electron chi connectivity index (χ0n) is 13.4. The highest BCUT2D eigenvalue weighted by Gasteiger charge is 2.30. The summed E-state index contributed by atoms with van der Waals surface area (Å²) in [6.45, 7) is 8.35. The van der Waals surface area contributed by atoms with E-state index in [0.717, 1.165) is 0 Å². The van der Waals surface area contributed by atoms with Crippen LogP contribution in [0.15, 0.2) is 23.1 Å². The molecule has 0 saturated carbocycles. The predicted molar refractivity (Wildman–Crippen MR) is 83.0 cm³/mol. The summed E-state index contributed by atoms with van der Waals surface area (Å²) in [7, 11) is -2.06. The average Bonchev–Trinajstić information content (AvgIpc) is 2.35. The fourth-order valence-electron chi connectivity index (χ4n) is 2.14. The number of nitrogens with zero attached hydrogens (tertiary/aromatic N) is 1. The van der Waals surface area contributed by atoms with Crippen molar-refractivity contribution in [3.8, 4) is 0 Å². The van der Waals surface area contributed by atoms with Gasteiger partial charge in [0.15, 0.2) is 0 Å². The fraction of sp³-hybridized carbons (Fsp3) is 0.600. The number of benzene rings is 1. The molecule has 1 aromatic carbocycles. The third-order valence-corrected chi connectivity index (χ3v) is 5.16. The molecule has 0 atom stereocenters. The normalized spacial score (nSPS) is 12.6. The molecule has 1 aromatic rings. The second-order valence-corrected chi connectivity index (χ2v) is 7.72. The van der Waals surface area contributed by atoms with Gasteiger partial charge in [0.2, 0.25) is 10.0 Å². The standard InChI is InChI=1S/C15H25FN2O2S/c1-11(2)10-18(12(3)4)21(19,20)15-7-6-13(9-17-5)8-14(15)16/h6-8,11-12,17H,9-10H2,1-5H3. The van der Waals surface area contributed by atoms with Crippen molar-refractivity contribution < 1.29 is 12.8 Å². The van der Waals surface area contributed by atoms with Crippen LogP contribution in [0, 0.1) is 11.7 Å². The Bertz CT molecular complexity index is 571. The largest absolute Gasteiger partial charge is 0.316 e. The minimum Gasteiger partial charge on any atom is -0.316 e. The summed E-state index contributed by atoms with van der Waals surface area (Å²) in [6, 6.07) is 4.05. The molecule has 120 valence electrons. The van der Waals surface area contributed by atoms with E-state index < -0.39 is 15.8 Å². The van der Waals surface area contributed by atoms with Crippen LogP contribution in [0.3, 0.4) is 0 Å². The van der Waals surface area contributed by atoms with Crippen LogP contribution in [0.5, 0.6) is 0 Å². The molecule has 1 rings (SSSR count). The second kappa shape index (κ2) is 7.33. The Labute approximate surface area is 127 Å². The first-order chi connectivity index (χ1) is 9.70. The van der Waals surface area contributed by atoms with Crippen LogP contribution < -0.4 is 5.32 Å². The SMILES string of the molecule is CNCc1ccc(S(=O)(=O)N(CC(C)C)C(C)C)c(F)c1. The zero-order chi connectivity index (χ0) is 16.2. The van der Waals surface area contributed by atoms with E-state index in [4.69, 9.17) is 0 Å². The summed E-state index contributed by atoms with van der Waals surface area (Å²) in [5, 5.41) is 2.91. The van der Waals surface area contributed by atoms with Gasteiger partial charge >= 0.3 is 0 Å². The van der Waals surface area contributed by atoms with Gasteiger partial charge in [-0.3, -0.25) is 0 Å². The maximum atomic E-state index is 14.2. The van der Waals surface area contributed by atoms with E-state index >= 15 is 0 Å². The van der Waals surface area contributed by atoms with Gasteiger partial charge in [0, 0.05) is 19.1 Å². The molecule has 21 heavy (non-hydrogen) atoms. The summed E-state index contributed by atoms with van der Waals surface area (Å²) >= 11 is 0. The van der Waals surface area contributed by atoms with Gasteiger partial charge in [0.25, 0.3) is 0 Å². The molecule has 0 aromatic heterocycles. The topological polar surface area (TPSA) is 49.4 Å². The summed E-state index contributed by atoms with van der Waals surface area (Å²) in [5.74, 6) is -0.522. The van der Waals surface area contributed by atoms with E-state index in [9.17, 15) is 12.8 Å². The minimum absolute atomic E-state index is 0.175. The molecular weight excluding hydrogens is 291 g/mol. The molecule has 0 radical (unpaired) electrons. The molecule has 0 aliphatic carbocycles. The highest BCUT2D eigenvalue weighted by atomic mass is 32.2. The Balaban J connectivity index is 3.22. The molecule has 0 bridgehead atoms. The van der Waals surface area contributed by atoms with Crippen LogP contribution in [-0.2, 0) is 16.6 Å². The Morgan fingerprint density at radius 1 is 1.24 bits per heavy atom. The van der Waals surface area contributed by atoms with Gasteiger partial charge in [0.05, 0.1) is 0 Å². The van der Waals surface area contributed by atoms with Crippen LogP contribution in [0.25, 0.3) is 0 Å². The second-order valence-electron chi connectivity index (χ2n) is 5.86. The van der Waals surface area contributed by atoms with Crippen LogP contribution in [0.2, 0.25) is 0 Å². The van der Waals surface area contributed by atoms with Crippen molar-refractivity contribution in [2.75, 3.05) is 13.6 Å². The lowest BCUT2D eigenvalue weighted by molar-refractivity contribution is 0.317. The Morgan fingerprint density at radius 2 is 1.86 bits per heavy atom. The van der Waals surface area contributed by atoms with Crippen molar-refractivity contribution in [1.82, 2.24) is 9.62 Å². The summed E-state index contributed by atoms with van der Waals surface area (Å²) in [5.41, 5.74) is 0.717. The van der Waals surface area contributed by atoms with Crippen molar-refractivity contribution in [2.45, 2.75) is 45.2 Å². The minimum atomic E-state index is -3.82. The maximum absolute atomic E-state index is 14.2. The maximum Gasteiger partial charge on any atom is 0.246 e. The highest BCUT2D eigenvalue weighted by molar-refractivity contribution is 7.89. The first-order valence-electron chi connectivity index (χ1n) is 7.15. The Kier molecular flexibility index (Phi) is 6.31. The lowest BCUT2D eigenvalue weighted by Crippen LogP contribution is -2.39. The molecule has 0 heterocycles. The molecule has 4 nitrogen and oxygen atoms in total. The van der Waals surface area contributed by atoms with Gasteiger partial charge in [-0.25, -0.2) is 12.8 Å². The van der Waals surface area contributed by atoms with Crippen LogP contribution in [0.4, 0.5) is 4.39 Å². The summed E-state index contributed by atoms with van der Waals surface area (Å²) < 4.78 is 40.9. The lowest BCUT2D eigenvalue weighted by atomic mass is 10.2. The number of rotatable bonds is 7. The first kappa shape index (κ1) is 18.1. The molecular formula is C15H25FN2O2S. The molecule has 0 aliphatic heterocycles. The monoisotopic (exact) mass is 316 g/mol. The molecule has 6 heteroatoms. The van der Waals surface area contributed by atoms with E-state index in [1.54, 1.807) is 27.0 Å². The van der Waals surface area contributed by atoms with Gasteiger partial charge in [0.1, 0.15) is 10.7 Å². The summed E-state index contributed by atoms with van der Waals surface area (Å²) in [6.07, 6.45) is 0. The molecule has 0 unspecified atom stereocenters. The number of nitrogens with one attached hydrogen (secondary N) is 1. The predicted octanol–water partition coefficient (Wildman–Crippen LogP) is 2.60. The smallest absolute Gasteiger partial charge is 0.246 e. The first-order valence-corrected chi connectivity index (χ1v) is 8.59. The van der Waals surface area contributed by atoms with E-state index in [1.165, 1.54) is 16.4 Å². The van der Waals surface area contributed by atoms with Gasteiger partial charge in [-0.05, 0) is 44.5 Å². The van der Waals surface area contributed by atoms with Crippen molar-refractivity contribution in [2.24, 2.45) is 5.92 Å². The number of hydrogen-bond donors (Lipinski definition) is 1. The Hall–Kier alpha value is -0.980. The van der Waals surface area contributed by atoms with Gasteiger partial charge in [-0.1, -0.05) is 19.9 Å². The third-order valence-electron chi connectivity index (χ3n) is 3.08. The van der Waals surface area contributed by atoms with Crippen LogP contribution in [0.1, 0.15) is 33.3 Å². The van der Waals surface area contributed by atoms with E-state index in [2.05, 4.69) is 5.32 Å². The molecule has 0 aliphatic rings. The molecule has 1 N–H and O–H groups in total. The number of halogens is 1.